The normalized spacial score (nSPS) is 12.5. The second kappa shape index (κ2) is 4.90. The zero-order chi connectivity index (χ0) is 15.8. The zero-order valence-corrected chi connectivity index (χ0v) is 10.0. The van der Waals surface area contributed by atoms with Gasteiger partial charge in [0.1, 0.15) is 5.82 Å². The maximum absolute atomic E-state index is 12.7. The molecule has 0 radical (unpaired) electrons. The van der Waals surface area contributed by atoms with Crippen molar-refractivity contribution in [2.45, 2.75) is 12.4 Å². The van der Waals surface area contributed by atoms with Crippen molar-refractivity contribution >= 4 is 0 Å². The summed E-state index contributed by atoms with van der Waals surface area (Å²) in [4.78, 5) is 16.7. The molecule has 2 rings (SSSR count). The maximum Gasteiger partial charge on any atom is 0.416 e. The summed E-state index contributed by atoms with van der Waals surface area (Å²) in [5.41, 5.74) is -4.11. The minimum absolute atomic E-state index is 0.00451. The molecule has 3 nitrogen and oxygen atoms in total. The van der Waals surface area contributed by atoms with Crippen molar-refractivity contribution in [3.63, 3.8) is 0 Å². The third kappa shape index (κ3) is 3.41. The number of rotatable bonds is 1. The molecule has 0 saturated carbocycles. The van der Waals surface area contributed by atoms with Gasteiger partial charge in [-0.15, -0.1) is 0 Å². The molecule has 21 heavy (non-hydrogen) atoms. The highest BCUT2D eigenvalue weighted by Crippen LogP contribution is 2.37. The van der Waals surface area contributed by atoms with Crippen LogP contribution >= 0.6 is 0 Å². The molecule has 1 N–H and O–H groups in total. The van der Waals surface area contributed by atoms with E-state index in [1.807, 2.05) is 0 Å². The Morgan fingerprint density at radius 1 is 0.905 bits per heavy atom. The van der Waals surface area contributed by atoms with Gasteiger partial charge in [-0.2, -0.15) is 26.3 Å². The average Bonchev–Trinajstić information content (AvgIpc) is 2.36. The van der Waals surface area contributed by atoms with Crippen LogP contribution in [0.15, 0.2) is 35.3 Å². The lowest BCUT2D eigenvalue weighted by Crippen LogP contribution is -2.12. The third-order valence-electron chi connectivity index (χ3n) is 2.53. The number of nitrogens with zero attached hydrogens (tertiary/aromatic N) is 1. The molecule has 0 amide bonds. The minimum Gasteiger partial charge on any atom is -0.307 e. The van der Waals surface area contributed by atoms with Crippen molar-refractivity contribution in [1.29, 1.82) is 0 Å². The molecule has 0 aliphatic rings. The quantitative estimate of drug-likeness (QED) is 0.820. The number of hydrogen-bond donors (Lipinski definition) is 1. The number of hydrogen-bond acceptors (Lipinski definition) is 2. The highest BCUT2D eigenvalue weighted by Gasteiger charge is 2.37. The summed E-state index contributed by atoms with van der Waals surface area (Å²) in [5, 5.41) is 0. The number of halogens is 6. The van der Waals surface area contributed by atoms with Gasteiger partial charge in [0, 0.05) is 17.8 Å². The van der Waals surface area contributed by atoms with E-state index in [1.54, 1.807) is 0 Å². The summed E-state index contributed by atoms with van der Waals surface area (Å²) in [6.07, 6.45) is -8.92. The smallest absolute Gasteiger partial charge is 0.307 e. The van der Waals surface area contributed by atoms with Crippen molar-refractivity contribution in [2.75, 3.05) is 0 Å². The summed E-state index contributed by atoms with van der Waals surface area (Å²) in [6, 6.07) is 1.98. The van der Waals surface area contributed by atoms with Gasteiger partial charge in [-0.3, -0.25) is 4.79 Å². The molecule has 2 aromatic rings. The fourth-order valence-corrected chi connectivity index (χ4v) is 1.61. The Bertz CT molecular complexity index is 684. The van der Waals surface area contributed by atoms with E-state index in [9.17, 15) is 31.1 Å². The Labute approximate surface area is 113 Å². The van der Waals surface area contributed by atoms with Crippen LogP contribution in [0.5, 0.6) is 0 Å². The number of alkyl halides is 6. The van der Waals surface area contributed by atoms with Gasteiger partial charge in [0.2, 0.25) is 0 Å². The predicted octanol–water partition coefficient (Wildman–Crippen LogP) is 3.47. The molecule has 1 heterocycles. The van der Waals surface area contributed by atoms with Gasteiger partial charge in [0.15, 0.2) is 0 Å². The number of benzene rings is 1. The summed E-state index contributed by atoms with van der Waals surface area (Å²) >= 11 is 0. The van der Waals surface area contributed by atoms with E-state index in [1.165, 1.54) is 0 Å². The first kappa shape index (κ1) is 15.1. The van der Waals surface area contributed by atoms with Gasteiger partial charge in [-0.25, -0.2) is 4.98 Å². The van der Waals surface area contributed by atoms with E-state index < -0.39 is 34.6 Å². The van der Waals surface area contributed by atoms with Crippen molar-refractivity contribution < 1.29 is 26.3 Å². The highest BCUT2D eigenvalue weighted by molar-refractivity contribution is 5.58. The van der Waals surface area contributed by atoms with Crippen molar-refractivity contribution in [2.24, 2.45) is 0 Å². The first-order valence-electron chi connectivity index (χ1n) is 5.42. The van der Waals surface area contributed by atoms with E-state index in [0.29, 0.717) is 12.1 Å². The van der Waals surface area contributed by atoms with E-state index in [0.717, 1.165) is 12.3 Å². The second-order valence-electron chi connectivity index (χ2n) is 4.08. The number of nitrogens with one attached hydrogen (secondary N) is 1. The fourth-order valence-electron chi connectivity index (χ4n) is 1.61. The molecule has 112 valence electrons. The van der Waals surface area contributed by atoms with Crippen LogP contribution in [0.2, 0.25) is 0 Å². The summed E-state index contributed by atoms with van der Waals surface area (Å²) in [7, 11) is 0. The second-order valence-corrected chi connectivity index (χ2v) is 4.08. The molecule has 0 fully saturated rings. The lowest BCUT2D eigenvalue weighted by molar-refractivity contribution is -0.143. The molecule has 1 aromatic heterocycles. The lowest BCUT2D eigenvalue weighted by Gasteiger charge is -2.13. The third-order valence-corrected chi connectivity index (χ3v) is 2.53. The van der Waals surface area contributed by atoms with E-state index in [2.05, 4.69) is 9.97 Å². The summed E-state index contributed by atoms with van der Waals surface area (Å²) in [5.74, 6) is -0.376. The Hall–Kier alpha value is -2.32. The molecule has 9 heteroatoms. The van der Waals surface area contributed by atoms with Crippen molar-refractivity contribution in [3.05, 3.63) is 51.9 Å². The first-order valence-corrected chi connectivity index (χ1v) is 5.42. The highest BCUT2D eigenvalue weighted by atomic mass is 19.4. The van der Waals surface area contributed by atoms with Crippen LogP contribution in [0.3, 0.4) is 0 Å². The minimum atomic E-state index is -4.95. The summed E-state index contributed by atoms with van der Waals surface area (Å²) in [6.45, 7) is 0. The van der Waals surface area contributed by atoms with E-state index >= 15 is 0 Å². The Balaban J connectivity index is 2.69. The van der Waals surface area contributed by atoms with Crippen LogP contribution in [0.1, 0.15) is 11.1 Å². The standard InChI is InChI=1S/C12H6F6N2O/c13-11(14,15)7-3-6(4-8(5-7)12(16,17)18)10-19-2-1-9(21)20-10/h1-5H,(H,19,20,21). The Morgan fingerprint density at radius 3 is 1.86 bits per heavy atom. The van der Waals surface area contributed by atoms with Gasteiger partial charge in [-0.05, 0) is 18.2 Å². The Kier molecular flexibility index (Phi) is 3.52. The molecule has 0 saturated heterocycles. The number of H-pyrrole nitrogens is 1. The zero-order valence-electron chi connectivity index (χ0n) is 10.0. The lowest BCUT2D eigenvalue weighted by atomic mass is 10.0. The molecular formula is C12H6F6N2O. The number of aromatic nitrogens is 2. The first-order chi connectivity index (χ1) is 9.57. The molecule has 0 unspecified atom stereocenters. The van der Waals surface area contributed by atoms with Crippen LogP contribution in [-0.2, 0) is 12.4 Å². The molecule has 0 aliphatic carbocycles. The monoisotopic (exact) mass is 308 g/mol. The topological polar surface area (TPSA) is 45.8 Å². The van der Waals surface area contributed by atoms with Crippen LogP contribution in [0.4, 0.5) is 26.3 Å². The average molecular weight is 308 g/mol. The van der Waals surface area contributed by atoms with Gasteiger partial charge in [0.25, 0.3) is 5.56 Å². The van der Waals surface area contributed by atoms with Crippen LogP contribution in [0, 0.1) is 0 Å². The summed E-state index contributed by atoms with van der Waals surface area (Å²) < 4.78 is 76.0. The van der Waals surface area contributed by atoms with Crippen molar-refractivity contribution in [3.8, 4) is 11.4 Å². The van der Waals surface area contributed by atoms with Gasteiger partial charge in [-0.1, -0.05) is 0 Å². The molecule has 0 atom stereocenters. The molecule has 0 spiro atoms. The molecule has 0 bridgehead atoms. The Morgan fingerprint density at radius 2 is 1.43 bits per heavy atom. The SMILES string of the molecule is O=c1ccnc(-c2cc(C(F)(F)F)cc(C(F)(F)F)c2)[nH]1. The molecule has 1 aromatic carbocycles. The van der Waals surface area contributed by atoms with Crippen LogP contribution in [0.25, 0.3) is 11.4 Å². The van der Waals surface area contributed by atoms with Crippen LogP contribution in [-0.4, -0.2) is 9.97 Å². The van der Waals surface area contributed by atoms with Gasteiger partial charge in [0.05, 0.1) is 11.1 Å². The number of aromatic amines is 1. The van der Waals surface area contributed by atoms with E-state index in [4.69, 9.17) is 0 Å². The van der Waals surface area contributed by atoms with Crippen LogP contribution < -0.4 is 5.56 Å². The predicted molar refractivity (Wildman–Crippen MR) is 60.3 cm³/mol. The van der Waals surface area contributed by atoms with Gasteiger partial charge < -0.3 is 4.98 Å². The van der Waals surface area contributed by atoms with Gasteiger partial charge >= 0.3 is 12.4 Å². The van der Waals surface area contributed by atoms with Crippen molar-refractivity contribution in [1.82, 2.24) is 9.97 Å². The molecule has 0 aliphatic heterocycles. The molecular weight excluding hydrogens is 302 g/mol. The van der Waals surface area contributed by atoms with E-state index in [-0.39, 0.29) is 11.9 Å². The maximum atomic E-state index is 12.7. The fraction of sp³-hybridized carbons (Fsp3) is 0.167. The largest absolute Gasteiger partial charge is 0.416 e.